The Morgan fingerprint density at radius 3 is 2.71 bits per heavy atom. The molecule has 0 saturated heterocycles. The van der Waals surface area contributed by atoms with Crippen molar-refractivity contribution in [2.24, 2.45) is 0 Å². The molecule has 34 heavy (non-hydrogen) atoms. The molecule has 2 heterocycles. The maximum Gasteiger partial charge on any atom is 0.241 e. The second kappa shape index (κ2) is 11.1. The average Bonchev–Trinajstić information content (AvgIpc) is 3.56. The van der Waals surface area contributed by atoms with Gasteiger partial charge in [0.1, 0.15) is 12.3 Å². The Balaban J connectivity index is 1.30. The molecule has 1 saturated carbocycles. The number of aromatic nitrogens is 5. The molecular formula is C23H29N7O3S. The molecule has 0 atom stereocenters. The Morgan fingerprint density at radius 2 is 1.97 bits per heavy atom. The van der Waals surface area contributed by atoms with Crippen LogP contribution in [0.1, 0.15) is 39.0 Å². The van der Waals surface area contributed by atoms with Crippen LogP contribution >= 0.6 is 12.2 Å². The number of aromatic amines is 1. The predicted molar refractivity (Wildman–Crippen MR) is 130 cm³/mol. The quantitative estimate of drug-likeness (QED) is 0.381. The van der Waals surface area contributed by atoms with Crippen LogP contribution < -0.4 is 15.4 Å². The Bertz CT molecular complexity index is 1180. The van der Waals surface area contributed by atoms with Crippen LogP contribution in [0.2, 0.25) is 0 Å². The van der Waals surface area contributed by atoms with Crippen molar-refractivity contribution in [1.29, 1.82) is 0 Å². The summed E-state index contributed by atoms with van der Waals surface area (Å²) < 4.78 is 9.24. The standard InChI is InChI=1S/C23H29N7O3S/c1-2-33-19-9-7-16(8-10-19)22-27-28-23(34)30(22)12-11-20(31)26-18-13-24-29(14-18)15-21(32)25-17-5-3-4-6-17/h7-10,13-14,17H,2-6,11-12,15H2,1H3,(H,25,32)(H,26,31)(H,28,34). The molecule has 1 aliphatic rings. The second-order valence-corrected chi connectivity index (χ2v) is 8.62. The van der Waals surface area contributed by atoms with E-state index < -0.39 is 0 Å². The molecule has 2 amide bonds. The molecule has 180 valence electrons. The minimum absolute atomic E-state index is 0.0657. The van der Waals surface area contributed by atoms with Gasteiger partial charge in [-0.2, -0.15) is 10.2 Å². The van der Waals surface area contributed by atoms with Crippen LogP contribution in [0, 0.1) is 4.77 Å². The van der Waals surface area contributed by atoms with E-state index in [1.165, 1.54) is 10.9 Å². The fourth-order valence-corrected chi connectivity index (χ4v) is 4.28. The van der Waals surface area contributed by atoms with Crippen molar-refractivity contribution in [3.63, 3.8) is 0 Å². The molecule has 1 fully saturated rings. The van der Waals surface area contributed by atoms with E-state index in [-0.39, 0.29) is 30.8 Å². The van der Waals surface area contributed by atoms with Crippen molar-refractivity contribution in [1.82, 2.24) is 29.9 Å². The minimum atomic E-state index is -0.185. The summed E-state index contributed by atoms with van der Waals surface area (Å²) in [5, 5.41) is 17.1. The molecule has 3 aromatic rings. The Hall–Kier alpha value is -3.47. The molecule has 2 aromatic heterocycles. The summed E-state index contributed by atoms with van der Waals surface area (Å²) in [4.78, 5) is 24.7. The van der Waals surface area contributed by atoms with Crippen molar-refractivity contribution < 1.29 is 14.3 Å². The summed E-state index contributed by atoms with van der Waals surface area (Å²) in [6.45, 7) is 3.02. The molecule has 0 aliphatic heterocycles. The monoisotopic (exact) mass is 483 g/mol. The van der Waals surface area contributed by atoms with Crippen LogP contribution in [0.25, 0.3) is 11.4 Å². The van der Waals surface area contributed by atoms with Gasteiger partial charge in [-0.05, 0) is 56.2 Å². The summed E-state index contributed by atoms with van der Waals surface area (Å²) >= 11 is 5.35. The first kappa shape index (κ1) is 23.7. The Morgan fingerprint density at radius 1 is 1.21 bits per heavy atom. The summed E-state index contributed by atoms with van der Waals surface area (Å²) in [5.74, 6) is 1.18. The predicted octanol–water partition coefficient (Wildman–Crippen LogP) is 3.29. The van der Waals surface area contributed by atoms with E-state index >= 15 is 0 Å². The first-order valence-corrected chi connectivity index (χ1v) is 11.9. The minimum Gasteiger partial charge on any atom is -0.494 e. The first-order chi connectivity index (χ1) is 16.5. The number of nitrogens with one attached hydrogen (secondary N) is 3. The van der Waals surface area contributed by atoms with Crippen molar-refractivity contribution >= 4 is 29.7 Å². The van der Waals surface area contributed by atoms with Gasteiger partial charge in [0.25, 0.3) is 0 Å². The third-order valence-electron chi connectivity index (χ3n) is 5.69. The van der Waals surface area contributed by atoms with Crippen LogP contribution in [0.5, 0.6) is 5.75 Å². The number of H-pyrrole nitrogens is 1. The summed E-state index contributed by atoms with van der Waals surface area (Å²) in [5.41, 5.74) is 1.41. The van der Waals surface area contributed by atoms with Gasteiger partial charge < -0.3 is 15.4 Å². The average molecular weight is 484 g/mol. The van der Waals surface area contributed by atoms with Gasteiger partial charge >= 0.3 is 0 Å². The van der Waals surface area contributed by atoms with E-state index in [2.05, 4.69) is 25.9 Å². The number of amides is 2. The highest BCUT2D eigenvalue weighted by Gasteiger charge is 2.17. The zero-order chi connectivity index (χ0) is 23.9. The maximum atomic E-state index is 12.5. The van der Waals surface area contributed by atoms with Gasteiger partial charge in [0.15, 0.2) is 10.6 Å². The lowest BCUT2D eigenvalue weighted by atomic mass is 10.2. The van der Waals surface area contributed by atoms with E-state index in [1.807, 2.05) is 31.2 Å². The normalized spacial score (nSPS) is 13.7. The van der Waals surface area contributed by atoms with Gasteiger partial charge in [-0.3, -0.25) is 23.9 Å². The number of hydrogen-bond donors (Lipinski definition) is 3. The third kappa shape index (κ3) is 6.10. The SMILES string of the molecule is CCOc1ccc(-c2n[nH]c(=S)n2CCC(=O)Nc2cnn(CC(=O)NC3CCCC3)c2)cc1. The van der Waals surface area contributed by atoms with E-state index in [1.54, 1.807) is 10.8 Å². The zero-order valence-corrected chi connectivity index (χ0v) is 19.9. The number of hydrogen-bond acceptors (Lipinski definition) is 6. The lowest BCUT2D eigenvalue weighted by Crippen LogP contribution is -2.35. The summed E-state index contributed by atoms with van der Waals surface area (Å²) in [7, 11) is 0. The topological polar surface area (TPSA) is 119 Å². The second-order valence-electron chi connectivity index (χ2n) is 8.24. The van der Waals surface area contributed by atoms with Gasteiger partial charge in [-0.1, -0.05) is 12.8 Å². The number of nitrogens with zero attached hydrogens (tertiary/aromatic N) is 4. The summed E-state index contributed by atoms with van der Waals surface area (Å²) in [6.07, 6.45) is 7.78. The van der Waals surface area contributed by atoms with E-state index in [4.69, 9.17) is 17.0 Å². The van der Waals surface area contributed by atoms with E-state index in [0.29, 0.717) is 29.4 Å². The van der Waals surface area contributed by atoms with E-state index in [9.17, 15) is 9.59 Å². The molecular weight excluding hydrogens is 454 g/mol. The molecule has 4 rings (SSSR count). The Labute approximate surface area is 202 Å². The number of rotatable bonds is 10. The molecule has 1 aliphatic carbocycles. The zero-order valence-electron chi connectivity index (χ0n) is 19.1. The van der Waals surface area contributed by atoms with Crippen molar-refractivity contribution in [2.45, 2.75) is 58.2 Å². The number of carbonyl (C=O) groups is 2. The molecule has 3 N–H and O–H groups in total. The smallest absolute Gasteiger partial charge is 0.241 e. The molecule has 0 unspecified atom stereocenters. The van der Waals surface area contributed by atoms with Gasteiger partial charge in [0.2, 0.25) is 11.8 Å². The van der Waals surface area contributed by atoms with Crippen LogP contribution in [0.15, 0.2) is 36.7 Å². The fraction of sp³-hybridized carbons (Fsp3) is 0.435. The van der Waals surface area contributed by atoms with Crippen molar-refractivity contribution in [2.75, 3.05) is 11.9 Å². The van der Waals surface area contributed by atoms with Gasteiger partial charge in [0.05, 0.1) is 18.5 Å². The largest absolute Gasteiger partial charge is 0.494 e. The molecule has 10 nitrogen and oxygen atoms in total. The van der Waals surface area contributed by atoms with Gasteiger partial charge in [-0.25, -0.2) is 0 Å². The highest BCUT2D eigenvalue weighted by molar-refractivity contribution is 7.71. The van der Waals surface area contributed by atoms with Gasteiger partial charge in [0, 0.05) is 30.8 Å². The molecule has 0 radical (unpaired) electrons. The first-order valence-electron chi connectivity index (χ1n) is 11.5. The molecule has 0 spiro atoms. The van der Waals surface area contributed by atoms with Gasteiger partial charge in [-0.15, -0.1) is 0 Å². The van der Waals surface area contributed by atoms with Crippen LogP contribution in [0.3, 0.4) is 0 Å². The third-order valence-corrected chi connectivity index (χ3v) is 6.00. The number of anilines is 1. The van der Waals surface area contributed by atoms with Crippen molar-refractivity contribution in [3.05, 3.63) is 41.4 Å². The van der Waals surface area contributed by atoms with E-state index in [0.717, 1.165) is 37.0 Å². The number of ether oxygens (including phenoxy) is 1. The lowest BCUT2D eigenvalue weighted by molar-refractivity contribution is -0.122. The van der Waals surface area contributed by atoms with Crippen LogP contribution in [-0.2, 0) is 22.7 Å². The highest BCUT2D eigenvalue weighted by atomic mass is 32.1. The fourth-order valence-electron chi connectivity index (χ4n) is 4.05. The number of benzene rings is 1. The summed E-state index contributed by atoms with van der Waals surface area (Å²) in [6, 6.07) is 7.83. The van der Waals surface area contributed by atoms with Crippen molar-refractivity contribution in [3.8, 4) is 17.1 Å². The number of carbonyl (C=O) groups excluding carboxylic acids is 2. The highest BCUT2D eigenvalue weighted by Crippen LogP contribution is 2.21. The Kier molecular flexibility index (Phi) is 7.73. The molecule has 1 aromatic carbocycles. The maximum absolute atomic E-state index is 12.5. The molecule has 0 bridgehead atoms. The lowest BCUT2D eigenvalue weighted by Gasteiger charge is -2.11. The van der Waals surface area contributed by atoms with Crippen LogP contribution in [0.4, 0.5) is 5.69 Å². The van der Waals surface area contributed by atoms with Crippen LogP contribution in [-0.4, -0.2) is 49.0 Å². The molecule has 11 heteroatoms.